The molecule has 0 rings (SSSR count). The van der Waals surface area contributed by atoms with Crippen LogP contribution in [0.5, 0.6) is 0 Å². The first kappa shape index (κ1) is 39.0. The highest BCUT2D eigenvalue weighted by atomic mass is 32.2. The van der Waals surface area contributed by atoms with Gasteiger partial charge in [-0.05, 0) is 41.9 Å². The molecule has 0 amide bonds. The lowest BCUT2D eigenvalue weighted by Gasteiger charge is -2.29. The van der Waals surface area contributed by atoms with Crippen LogP contribution in [-0.4, -0.2) is 34.5 Å². The smallest absolute Gasteiger partial charge is 0.000237 e. The predicted octanol–water partition coefficient (Wildman–Crippen LogP) is 13.6. The Balaban J connectivity index is 4.06. The minimum atomic E-state index is 0.514. The molecule has 0 fully saturated rings. The fraction of sp³-hybridized carbons (Fsp3) is 1.00. The van der Waals surface area contributed by atoms with Crippen molar-refractivity contribution in [3.05, 3.63) is 0 Å². The Hall–Kier alpha value is 1.05. The van der Waals surface area contributed by atoms with Crippen molar-refractivity contribution in [3.8, 4) is 0 Å². The third-order valence-electron chi connectivity index (χ3n) is 7.78. The molecule has 0 atom stereocenters. The molecule has 0 nitrogen and oxygen atoms in total. The Labute approximate surface area is 256 Å². The molecule has 38 heavy (non-hydrogen) atoms. The average molecular weight is 589 g/mol. The molecule has 0 saturated carbocycles. The van der Waals surface area contributed by atoms with Crippen LogP contribution in [0.3, 0.4) is 0 Å². The van der Waals surface area contributed by atoms with Gasteiger partial charge < -0.3 is 0 Å². The molecule has 0 aliphatic carbocycles. The highest BCUT2D eigenvalue weighted by molar-refractivity contribution is 8.01. The maximum absolute atomic E-state index is 2.61. The molecule has 0 aromatic rings. The zero-order valence-electron chi connectivity index (χ0n) is 26.9. The quantitative estimate of drug-likeness (QED) is 0.0700. The second-order valence-electron chi connectivity index (χ2n) is 12.4. The summed E-state index contributed by atoms with van der Waals surface area (Å²) in [6.45, 7) is 9.55. The van der Waals surface area contributed by atoms with Crippen LogP contribution in [0.2, 0.25) is 0 Å². The van der Waals surface area contributed by atoms with Crippen LogP contribution in [-0.2, 0) is 0 Å². The molecule has 0 aliphatic heterocycles. The summed E-state index contributed by atoms with van der Waals surface area (Å²) in [7, 11) is 0. The fourth-order valence-corrected chi connectivity index (χ4v) is 9.23. The van der Waals surface area contributed by atoms with Gasteiger partial charge in [0.25, 0.3) is 0 Å². The molecular weight excluding hydrogens is 517 g/mol. The van der Waals surface area contributed by atoms with Gasteiger partial charge >= 0.3 is 0 Å². The van der Waals surface area contributed by atoms with Crippen molar-refractivity contribution in [1.29, 1.82) is 0 Å². The molecule has 0 aromatic carbocycles. The van der Waals surface area contributed by atoms with Crippen LogP contribution in [0, 0.1) is 5.41 Å². The Morgan fingerprint density at radius 2 is 0.526 bits per heavy atom. The third-order valence-corrected chi connectivity index (χ3v) is 12.2. The maximum Gasteiger partial charge on any atom is 0.000237 e. The van der Waals surface area contributed by atoms with Gasteiger partial charge in [-0.2, -0.15) is 35.3 Å². The van der Waals surface area contributed by atoms with E-state index in [0.717, 1.165) is 0 Å². The molecule has 0 saturated heterocycles. The predicted molar refractivity (Wildman–Crippen MR) is 188 cm³/mol. The van der Waals surface area contributed by atoms with Gasteiger partial charge in [-0.15, -0.1) is 0 Å². The lowest BCUT2D eigenvalue weighted by molar-refractivity contribution is 0.503. The largest absolute Gasteiger partial charge is 0.161 e. The Morgan fingerprint density at radius 1 is 0.316 bits per heavy atom. The zero-order valence-corrected chi connectivity index (χ0v) is 29.4. The molecule has 0 aliphatic rings. The topological polar surface area (TPSA) is 0 Å². The fourth-order valence-electron chi connectivity index (χ4n) is 5.09. The van der Waals surface area contributed by atoms with Gasteiger partial charge in [-0.25, -0.2) is 0 Å². The molecule has 0 aromatic heterocycles. The van der Waals surface area contributed by atoms with Gasteiger partial charge in [0.1, 0.15) is 0 Å². The van der Waals surface area contributed by atoms with Gasteiger partial charge in [-0.1, -0.05) is 163 Å². The molecule has 0 unspecified atom stereocenters. The van der Waals surface area contributed by atoms with Gasteiger partial charge in [0.2, 0.25) is 0 Å². The molecule has 230 valence electrons. The van der Waals surface area contributed by atoms with Crippen LogP contribution >= 0.6 is 35.3 Å². The summed E-state index contributed by atoms with van der Waals surface area (Å²) >= 11 is 6.80. The van der Waals surface area contributed by atoms with Crippen molar-refractivity contribution >= 4 is 35.3 Å². The van der Waals surface area contributed by atoms with Gasteiger partial charge in [0.15, 0.2) is 0 Å². The van der Waals surface area contributed by atoms with E-state index in [2.05, 4.69) is 63.0 Å². The SMILES string of the molecule is CCCCCCCCCCSCC(C)(CSCCCCCCCCCC)CSCCCCCCCCCC. The van der Waals surface area contributed by atoms with Crippen LogP contribution < -0.4 is 0 Å². The van der Waals surface area contributed by atoms with E-state index in [4.69, 9.17) is 0 Å². The van der Waals surface area contributed by atoms with Crippen molar-refractivity contribution in [2.24, 2.45) is 5.41 Å². The maximum atomic E-state index is 2.61. The minimum Gasteiger partial charge on any atom is -0.161 e. The summed E-state index contributed by atoms with van der Waals surface area (Å²) in [4.78, 5) is 0. The Bertz CT molecular complexity index is 366. The summed E-state index contributed by atoms with van der Waals surface area (Å²) in [5.41, 5.74) is 0.514. The standard InChI is InChI=1S/C35H72S3/c1-5-8-11-14-17-20-23-26-29-36-32-35(4,33-37-30-27-24-21-18-15-12-9-6-2)34-38-31-28-25-22-19-16-13-10-7-3/h5-34H2,1-4H3. The minimum absolute atomic E-state index is 0.514. The monoisotopic (exact) mass is 588 g/mol. The molecule has 0 radical (unpaired) electrons. The van der Waals surface area contributed by atoms with Crippen LogP contribution in [0.25, 0.3) is 0 Å². The highest BCUT2D eigenvalue weighted by Crippen LogP contribution is 2.32. The summed E-state index contributed by atoms with van der Waals surface area (Å²) in [6, 6.07) is 0. The molecule has 3 heteroatoms. The van der Waals surface area contributed by atoms with E-state index >= 15 is 0 Å². The summed E-state index contributed by atoms with van der Waals surface area (Å²) in [5, 5.41) is 0. The highest BCUT2D eigenvalue weighted by Gasteiger charge is 2.24. The number of rotatable bonds is 33. The van der Waals surface area contributed by atoms with E-state index in [1.54, 1.807) is 0 Å². The first-order valence-electron chi connectivity index (χ1n) is 17.4. The first-order valence-corrected chi connectivity index (χ1v) is 20.9. The van der Waals surface area contributed by atoms with E-state index in [0.29, 0.717) is 5.41 Å². The third kappa shape index (κ3) is 30.0. The van der Waals surface area contributed by atoms with Crippen molar-refractivity contribution < 1.29 is 0 Å². The molecule has 0 heterocycles. The molecule has 0 bridgehead atoms. The van der Waals surface area contributed by atoms with Crippen molar-refractivity contribution in [3.63, 3.8) is 0 Å². The first-order chi connectivity index (χ1) is 18.7. The van der Waals surface area contributed by atoms with E-state index in [1.807, 2.05) is 0 Å². The van der Waals surface area contributed by atoms with Crippen molar-refractivity contribution in [2.75, 3.05) is 34.5 Å². The number of hydrogen-bond donors (Lipinski definition) is 0. The van der Waals surface area contributed by atoms with Crippen molar-refractivity contribution in [2.45, 2.75) is 182 Å². The van der Waals surface area contributed by atoms with Crippen LogP contribution in [0.4, 0.5) is 0 Å². The normalized spacial score (nSPS) is 12.0. The van der Waals surface area contributed by atoms with E-state index in [1.165, 1.54) is 189 Å². The summed E-state index contributed by atoms with van der Waals surface area (Å²) < 4.78 is 0. The van der Waals surface area contributed by atoms with Gasteiger partial charge in [0, 0.05) is 17.3 Å². The van der Waals surface area contributed by atoms with E-state index in [-0.39, 0.29) is 0 Å². The number of unbranched alkanes of at least 4 members (excludes halogenated alkanes) is 21. The number of thioether (sulfide) groups is 3. The van der Waals surface area contributed by atoms with Crippen LogP contribution in [0.1, 0.15) is 182 Å². The molecule has 0 spiro atoms. The Morgan fingerprint density at radius 3 is 0.763 bits per heavy atom. The van der Waals surface area contributed by atoms with Gasteiger partial charge in [0.05, 0.1) is 0 Å². The number of hydrogen-bond acceptors (Lipinski definition) is 3. The second kappa shape index (κ2) is 32.6. The lowest BCUT2D eigenvalue weighted by atomic mass is 9.99. The molecule has 0 N–H and O–H groups in total. The lowest BCUT2D eigenvalue weighted by Crippen LogP contribution is -2.26. The Kier molecular flexibility index (Phi) is 33.5. The summed E-state index contributed by atoms with van der Waals surface area (Å²) in [6.07, 6.45) is 34.6. The second-order valence-corrected chi connectivity index (χ2v) is 15.7. The summed E-state index contributed by atoms with van der Waals surface area (Å²) in [5.74, 6) is 8.27. The average Bonchev–Trinajstić information content (AvgIpc) is 2.92. The van der Waals surface area contributed by atoms with E-state index < -0.39 is 0 Å². The van der Waals surface area contributed by atoms with Crippen LogP contribution in [0.15, 0.2) is 0 Å². The molecular formula is C35H72S3. The van der Waals surface area contributed by atoms with E-state index in [9.17, 15) is 0 Å². The zero-order chi connectivity index (χ0) is 27.8. The van der Waals surface area contributed by atoms with Gasteiger partial charge in [-0.3, -0.25) is 0 Å². The van der Waals surface area contributed by atoms with Crippen molar-refractivity contribution in [1.82, 2.24) is 0 Å².